The third kappa shape index (κ3) is 11.3. The molecule has 8 nitrogen and oxygen atoms in total. The maximum absolute atomic E-state index is 12.1. The number of nitrogens with zero attached hydrogens (tertiary/aromatic N) is 3. The minimum atomic E-state index is -0.0599. The average Bonchev–Trinajstić information content (AvgIpc) is 2.70. The van der Waals surface area contributed by atoms with Crippen LogP contribution in [-0.2, 0) is 16.0 Å². The van der Waals surface area contributed by atoms with Crippen molar-refractivity contribution in [2.45, 2.75) is 19.8 Å². The number of rotatable bonds is 11. The van der Waals surface area contributed by atoms with Gasteiger partial charge in [-0.05, 0) is 37.5 Å². The minimum absolute atomic E-state index is 0. The first-order chi connectivity index (χ1) is 13.8. The molecule has 0 aliphatic carbocycles. The second-order valence-electron chi connectivity index (χ2n) is 7.01. The van der Waals surface area contributed by atoms with Gasteiger partial charge < -0.3 is 25.2 Å². The normalized spacial score (nSPS) is 10.8. The molecule has 0 atom stereocenters. The molecule has 2 N–H and O–H groups in total. The van der Waals surface area contributed by atoms with Crippen LogP contribution in [0.3, 0.4) is 0 Å². The molecule has 0 spiro atoms. The molecule has 1 rings (SSSR count). The van der Waals surface area contributed by atoms with Gasteiger partial charge in [0.15, 0.2) is 5.96 Å². The van der Waals surface area contributed by atoms with Gasteiger partial charge in [0.2, 0.25) is 5.91 Å². The van der Waals surface area contributed by atoms with Gasteiger partial charge >= 0.3 is 0 Å². The number of halogens is 1. The number of amides is 2. The Kier molecular flexibility index (Phi) is 14.9. The summed E-state index contributed by atoms with van der Waals surface area (Å²) in [7, 11) is 6.90. The zero-order valence-corrected chi connectivity index (χ0v) is 21.1. The van der Waals surface area contributed by atoms with Gasteiger partial charge in [-0.2, -0.15) is 0 Å². The fourth-order valence-electron chi connectivity index (χ4n) is 2.43. The number of benzene rings is 1. The van der Waals surface area contributed by atoms with Crippen LogP contribution in [-0.4, -0.2) is 88.6 Å². The highest BCUT2D eigenvalue weighted by molar-refractivity contribution is 14.0. The molecular weight excluding hydrogens is 497 g/mol. The quantitative estimate of drug-likeness (QED) is 0.195. The van der Waals surface area contributed by atoms with Crippen molar-refractivity contribution in [1.82, 2.24) is 20.4 Å². The van der Waals surface area contributed by atoms with Crippen LogP contribution in [0.4, 0.5) is 0 Å². The van der Waals surface area contributed by atoms with Crippen molar-refractivity contribution in [2.24, 2.45) is 4.99 Å². The van der Waals surface area contributed by atoms with E-state index in [1.54, 1.807) is 33.1 Å². The highest BCUT2D eigenvalue weighted by atomic mass is 127. The van der Waals surface area contributed by atoms with Crippen LogP contribution in [0.1, 0.15) is 29.3 Å². The first kappa shape index (κ1) is 28.1. The van der Waals surface area contributed by atoms with Crippen molar-refractivity contribution in [2.75, 3.05) is 61.0 Å². The van der Waals surface area contributed by atoms with Crippen molar-refractivity contribution in [3.8, 4) is 0 Å². The van der Waals surface area contributed by atoms with Crippen LogP contribution < -0.4 is 10.6 Å². The van der Waals surface area contributed by atoms with Crippen LogP contribution in [0, 0.1) is 0 Å². The summed E-state index contributed by atoms with van der Waals surface area (Å²) in [5.41, 5.74) is 1.73. The summed E-state index contributed by atoms with van der Waals surface area (Å²) in [6, 6.07) is 7.61. The van der Waals surface area contributed by atoms with Crippen molar-refractivity contribution < 1.29 is 14.3 Å². The molecule has 0 bridgehead atoms. The van der Waals surface area contributed by atoms with Gasteiger partial charge in [-0.1, -0.05) is 12.1 Å². The lowest BCUT2D eigenvalue weighted by atomic mass is 10.1. The Hall–Kier alpha value is -1.88. The van der Waals surface area contributed by atoms with Crippen molar-refractivity contribution in [1.29, 1.82) is 0 Å². The van der Waals surface area contributed by atoms with E-state index in [1.165, 1.54) is 4.90 Å². The van der Waals surface area contributed by atoms with Crippen molar-refractivity contribution in [3.05, 3.63) is 35.4 Å². The van der Waals surface area contributed by atoms with Gasteiger partial charge in [-0.25, -0.2) is 4.99 Å². The molecule has 0 aliphatic rings. The number of nitrogens with one attached hydrogen (secondary N) is 2. The lowest BCUT2D eigenvalue weighted by molar-refractivity contribution is -0.127. The molecule has 1 aromatic rings. The SMILES string of the molecule is CCOCCCNC(=NCC(=O)N(C)C)NCCc1cccc(C(=O)N(C)C)c1.I. The summed E-state index contributed by atoms with van der Waals surface area (Å²) in [4.78, 5) is 31.4. The molecule has 0 heterocycles. The van der Waals surface area contributed by atoms with E-state index in [4.69, 9.17) is 4.74 Å². The van der Waals surface area contributed by atoms with Gasteiger partial charge in [0.25, 0.3) is 5.91 Å². The number of hydrogen-bond donors (Lipinski definition) is 2. The monoisotopic (exact) mass is 533 g/mol. The van der Waals surface area contributed by atoms with E-state index in [2.05, 4.69) is 15.6 Å². The predicted molar refractivity (Wildman–Crippen MR) is 132 cm³/mol. The fraction of sp³-hybridized carbons (Fsp3) is 0.571. The van der Waals surface area contributed by atoms with E-state index in [9.17, 15) is 9.59 Å². The number of ether oxygens (including phenoxy) is 1. The largest absolute Gasteiger partial charge is 0.382 e. The maximum Gasteiger partial charge on any atom is 0.253 e. The first-order valence-corrected chi connectivity index (χ1v) is 9.95. The third-order valence-electron chi connectivity index (χ3n) is 4.12. The van der Waals surface area contributed by atoms with E-state index in [1.807, 2.05) is 31.2 Å². The van der Waals surface area contributed by atoms with Crippen molar-refractivity contribution >= 4 is 41.8 Å². The van der Waals surface area contributed by atoms with Gasteiger partial charge in [0.05, 0.1) is 0 Å². The Bertz CT molecular complexity index is 680. The molecule has 0 saturated carbocycles. The summed E-state index contributed by atoms with van der Waals surface area (Å²) in [5, 5.41) is 6.49. The number of aliphatic imine (C=N–C) groups is 1. The predicted octanol–water partition coefficient (Wildman–Crippen LogP) is 1.60. The van der Waals surface area contributed by atoms with Crippen molar-refractivity contribution in [3.63, 3.8) is 0 Å². The lowest BCUT2D eigenvalue weighted by Crippen LogP contribution is -2.40. The van der Waals surface area contributed by atoms with Crippen LogP contribution in [0.2, 0.25) is 0 Å². The molecule has 0 fully saturated rings. The summed E-state index contributed by atoms with van der Waals surface area (Å²) in [6.07, 6.45) is 1.58. The smallest absolute Gasteiger partial charge is 0.253 e. The number of carbonyl (C=O) groups is 2. The van der Waals surface area contributed by atoms with Crippen LogP contribution in [0.15, 0.2) is 29.3 Å². The summed E-state index contributed by atoms with van der Waals surface area (Å²) in [6.45, 7) is 4.77. The molecule has 0 aromatic heterocycles. The Balaban J connectivity index is 0.00000841. The third-order valence-corrected chi connectivity index (χ3v) is 4.12. The Morgan fingerprint density at radius 1 is 1.07 bits per heavy atom. The molecule has 0 radical (unpaired) electrons. The highest BCUT2D eigenvalue weighted by Gasteiger charge is 2.08. The topological polar surface area (TPSA) is 86.3 Å². The number of carbonyl (C=O) groups excluding carboxylic acids is 2. The van der Waals surface area contributed by atoms with E-state index in [-0.39, 0.29) is 42.3 Å². The van der Waals surface area contributed by atoms with Crippen LogP contribution >= 0.6 is 24.0 Å². The van der Waals surface area contributed by atoms with E-state index >= 15 is 0 Å². The summed E-state index contributed by atoms with van der Waals surface area (Å²) >= 11 is 0. The molecule has 2 amide bonds. The maximum atomic E-state index is 12.1. The van der Waals surface area contributed by atoms with E-state index in [0.717, 1.165) is 18.4 Å². The van der Waals surface area contributed by atoms with Gasteiger partial charge in [-0.15, -0.1) is 24.0 Å². The zero-order valence-electron chi connectivity index (χ0n) is 18.7. The molecule has 0 saturated heterocycles. The number of likely N-dealkylation sites (N-methyl/N-ethyl adjacent to an activating group) is 1. The molecule has 0 aliphatic heterocycles. The Morgan fingerprint density at radius 3 is 2.40 bits per heavy atom. The Labute approximate surface area is 197 Å². The Morgan fingerprint density at radius 2 is 1.77 bits per heavy atom. The second-order valence-corrected chi connectivity index (χ2v) is 7.01. The van der Waals surface area contributed by atoms with E-state index in [0.29, 0.717) is 37.8 Å². The number of hydrogen-bond acceptors (Lipinski definition) is 4. The summed E-state index contributed by atoms with van der Waals surface area (Å²) < 4.78 is 5.34. The van der Waals surface area contributed by atoms with Gasteiger partial charge in [0.1, 0.15) is 6.54 Å². The molecule has 1 aromatic carbocycles. The standard InChI is InChI=1S/C21H35N5O3.HI/c1-6-29-14-8-12-22-21(24-16-19(27)25(2)3)23-13-11-17-9-7-10-18(15-17)20(28)26(4)5;/h7,9-10,15H,6,8,11-14,16H2,1-5H3,(H2,22,23,24);1H. The molecule has 170 valence electrons. The first-order valence-electron chi connectivity index (χ1n) is 9.95. The summed E-state index contributed by atoms with van der Waals surface area (Å²) in [5.74, 6) is 0.521. The van der Waals surface area contributed by atoms with E-state index < -0.39 is 0 Å². The second kappa shape index (κ2) is 15.9. The van der Waals surface area contributed by atoms with Crippen LogP contribution in [0.25, 0.3) is 0 Å². The fourth-order valence-corrected chi connectivity index (χ4v) is 2.43. The average molecular weight is 533 g/mol. The van der Waals surface area contributed by atoms with Gasteiger partial charge in [-0.3, -0.25) is 9.59 Å². The number of guanidine groups is 1. The lowest BCUT2D eigenvalue weighted by Gasteiger charge is -2.14. The molecule has 30 heavy (non-hydrogen) atoms. The highest BCUT2D eigenvalue weighted by Crippen LogP contribution is 2.07. The molecule has 9 heteroatoms. The minimum Gasteiger partial charge on any atom is -0.382 e. The van der Waals surface area contributed by atoms with Gasteiger partial charge in [0, 0.05) is 60.1 Å². The zero-order chi connectivity index (χ0) is 21.6. The molecular formula is C21H36IN5O3. The molecule has 0 unspecified atom stereocenters. The van der Waals surface area contributed by atoms with Crippen LogP contribution in [0.5, 0.6) is 0 Å².